The lowest BCUT2D eigenvalue weighted by Gasteiger charge is -2.04. The topological polar surface area (TPSA) is 55.8 Å². The van der Waals surface area contributed by atoms with Crippen LogP contribution in [-0.2, 0) is 9.53 Å². The molecule has 0 aromatic heterocycles. The third-order valence-electron chi connectivity index (χ3n) is 1.72. The van der Waals surface area contributed by atoms with E-state index in [0.29, 0.717) is 5.75 Å². The molecule has 0 aliphatic rings. The molecule has 5 heteroatoms. The zero-order valence-electron chi connectivity index (χ0n) is 8.64. The molecule has 0 radical (unpaired) electrons. The Bertz CT molecular complexity index is 383. The van der Waals surface area contributed by atoms with Crippen LogP contribution < -0.4 is 4.74 Å². The van der Waals surface area contributed by atoms with E-state index in [2.05, 4.69) is 0 Å². The normalized spacial score (nSPS) is 11.2. The van der Waals surface area contributed by atoms with Gasteiger partial charge in [-0.3, -0.25) is 0 Å². The largest absolute Gasteiger partial charge is 0.477 e. The Hall–Kier alpha value is -1.08. The lowest BCUT2D eigenvalue weighted by atomic mass is 10.2. The Morgan fingerprint density at radius 1 is 1.44 bits per heavy atom. The van der Waals surface area contributed by atoms with E-state index in [1.54, 1.807) is 60.0 Å². The van der Waals surface area contributed by atoms with Gasteiger partial charge in [0, 0.05) is 7.11 Å². The van der Waals surface area contributed by atoms with E-state index in [1.165, 1.54) is 0 Å². The van der Waals surface area contributed by atoms with Crippen molar-refractivity contribution in [3.8, 4) is 5.75 Å². The maximum atomic E-state index is 10.6. The number of carboxylic acids is 1. The number of carbonyl (C=O) groups is 1. The second kappa shape index (κ2) is 6.49. The zero-order chi connectivity index (χ0) is 12.0. The molecule has 16 heavy (non-hydrogen) atoms. The maximum Gasteiger partial charge on any atom is 0.341 e. The molecular formula is C11H11IO4. The average Bonchev–Trinajstić information content (AvgIpc) is 2.28. The quantitative estimate of drug-likeness (QED) is 0.511. The molecule has 1 rings (SSSR count). The van der Waals surface area contributed by atoms with Crippen molar-refractivity contribution in [1.82, 2.24) is 0 Å². The number of carboxylic acid groups (broad SMARTS) is 1. The molecule has 0 bridgehead atoms. The van der Waals surface area contributed by atoms with Crippen LogP contribution in [0.4, 0.5) is 0 Å². The monoisotopic (exact) mass is 334 g/mol. The molecular weight excluding hydrogens is 323 g/mol. The molecule has 0 aliphatic carbocycles. The van der Waals surface area contributed by atoms with E-state index in [4.69, 9.17) is 14.6 Å². The van der Waals surface area contributed by atoms with Crippen molar-refractivity contribution in [3.05, 3.63) is 33.4 Å². The minimum Gasteiger partial charge on any atom is -0.477 e. The van der Waals surface area contributed by atoms with Gasteiger partial charge >= 0.3 is 5.97 Å². The third-order valence-corrected chi connectivity index (χ3v) is 2.49. The summed E-state index contributed by atoms with van der Waals surface area (Å²) in [6.45, 7) is 0.196. The van der Waals surface area contributed by atoms with Crippen molar-refractivity contribution >= 4 is 34.6 Å². The van der Waals surface area contributed by atoms with Crippen LogP contribution in [-0.4, -0.2) is 25.0 Å². The molecule has 1 aromatic carbocycles. The first-order valence-corrected chi connectivity index (χ1v) is 5.53. The SMILES string of the molecule is COCOc1ccc(/C=C(\I)C(=O)O)cc1. The number of benzene rings is 1. The van der Waals surface area contributed by atoms with Gasteiger partial charge in [-0.15, -0.1) is 0 Å². The minimum absolute atomic E-state index is 0.196. The van der Waals surface area contributed by atoms with Crippen LogP contribution >= 0.6 is 22.6 Å². The van der Waals surface area contributed by atoms with Crippen molar-refractivity contribution < 1.29 is 19.4 Å². The van der Waals surface area contributed by atoms with Gasteiger partial charge in [0.05, 0.1) is 3.58 Å². The predicted molar refractivity (Wildman–Crippen MR) is 68.6 cm³/mol. The highest BCUT2D eigenvalue weighted by molar-refractivity contribution is 14.1. The van der Waals surface area contributed by atoms with Gasteiger partial charge in [-0.25, -0.2) is 4.79 Å². The van der Waals surface area contributed by atoms with Gasteiger partial charge < -0.3 is 14.6 Å². The van der Waals surface area contributed by atoms with Gasteiger partial charge in [0.1, 0.15) is 5.75 Å². The fraction of sp³-hybridized carbons (Fsp3) is 0.182. The molecule has 0 fully saturated rings. The Labute approximate surface area is 107 Å². The van der Waals surface area contributed by atoms with Crippen molar-refractivity contribution in [3.63, 3.8) is 0 Å². The molecule has 4 nitrogen and oxygen atoms in total. The molecule has 86 valence electrons. The van der Waals surface area contributed by atoms with Gasteiger partial charge in [0.25, 0.3) is 0 Å². The molecule has 0 unspecified atom stereocenters. The molecule has 1 N–H and O–H groups in total. The van der Waals surface area contributed by atoms with Crippen LogP contribution in [0.1, 0.15) is 5.56 Å². The minimum atomic E-state index is -0.930. The number of halogens is 1. The van der Waals surface area contributed by atoms with Crippen LogP contribution in [0.3, 0.4) is 0 Å². The summed E-state index contributed by atoms with van der Waals surface area (Å²) < 4.78 is 10.2. The van der Waals surface area contributed by atoms with Gasteiger partial charge in [0.2, 0.25) is 0 Å². The highest BCUT2D eigenvalue weighted by Crippen LogP contribution is 2.17. The number of ether oxygens (including phenoxy) is 2. The van der Waals surface area contributed by atoms with Crippen LogP contribution in [0.25, 0.3) is 6.08 Å². The van der Waals surface area contributed by atoms with E-state index in [-0.39, 0.29) is 10.4 Å². The van der Waals surface area contributed by atoms with Gasteiger partial charge in [-0.2, -0.15) is 0 Å². The summed E-state index contributed by atoms with van der Waals surface area (Å²) in [5.41, 5.74) is 0.816. The average molecular weight is 334 g/mol. The summed E-state index contributed by atoms with van der Waals surface area (Å²) in [6, 6.07) is 7.09. The first-order chi connectivity index (χ1) is 7.63. The molecule has 0 aliphatic heterocycles. The number of rotatable bonds is 5. The van der Waals surface area contributed by atoms with E-state index in [1.807, 2.05) is 0 Å². The highest BCUT2D eigenvalue weighted by atomic mass is 127. The zero-order valence-corrected chi connectivity index (χ0v) is 10.8. The van der Waals surface area contributed by atoms with Gasteiger partial charge in [0.15, 0.2) is 6.79 Å². The van der Waals surface area contributed by atoms with Crippen LogP contribution in [0.2, 0.25) is 0 Å². The van der Waals surface area contributed by atoms with Gasteiger partial charge in [-0.1, -0.05) is 12.1 Å². The Morgan fingerprint density at radius 2 is 2.06 bits per heavy atom. The Balaban J connectivity index is 2.71. The van der Waals surface area contributed by atoms with Crippen molar-refractivity contribution in [2.75, 3.05) is 13.9 Å². The van der Waals surface area contributed by atoms with E-state index < -0.39 is 5.97 Å². The second-order valence-corrected chi connectivity index (χ2v) is 4.08. The third kappa shape index (κ3) is 4.19. The summed E-state index contributed by atoms with van der Waals surface area (Å²) in [5, 5.41) is 8.70. The fourth-order valence-electron chi connectivity index (χ4n) is 0.995. The predicted octanol–water partition coefficient (Wildman–Crippen LogP) is 2.53. The van der Waals surface area contributed by atoms with Crippen molar-refractivity contribution in [1.29, 1.82) is 0 Å². The number of hydrogen-bond acceptors (Lipinski definition) is 3. The van der Waals surface area contributed by atoms with E-state index in [9.17, 15) is 4.79 Å². The van der Waals surface area contributed by atoms with Crippen molar-refractivity contribution in [2.24, 2.45) is 0 Å². The molecule has 0 spiro atoms. The highest BCUT2D eigenvalue weighted by Gasteiger charge is 2.01. The maximum absolute atomic E-state index is 10.6. The number of aliphatic carboxylic acids is 1. The molecule has 0 atom stereocenters. The first kappa shape index (κ1) is 13.0. The molecule has 0 saturated carbocycles. The number of methoxy groups -OCH3 is 1. The summed E-state index contributed by atoms with van der Waals surface area (Å²) in [6.07, 6.45) is 1.59. The molecule has 0 saturated heterocycles. The van der Waals surface area contributed by atoms with Crippen LogP contribution in [0, 0.1) is 0 Å². The summed E-state index contributed by atoms with van der Waals surface area (Å²) in [5.74, 6) is -0.246. The molecule has 0 amide bonds. The van der Waals surface area contributed by atoms with E-state index >= 15 is 0 Å². The smallest absolute Gasteiger partial charge is 0.341 e. The summed E-state index contributed by atoms with van der Waals surface area (Å²) in [4.78, 5) is 10.6. The lowest BCUT2D eigenvalue weighted by Crippen LogP contribution is -1.98. The van der Waals surface area contributed by atoms with Crippen molar-refractivity contribution in [2.45, 2.75) is 0 Å². The summed E-state index contributed by atoms with van der Waals surface area (Å²) in [7, 11) is 1.55. The van der Waals surface area contributed by atoms with Crippen LogP contribution in [0.15, 0.2) is 27.8 Å². The molecule has 0 heterocycles. The first-order valence-electron chi connectivity index (χ1n) is 4.46. The standard InChI is InChI=1S/C11H11IO4/c1-15-7-16-9-4-2-8(3-5-9)6-10(12)11(13)14/h2-6H,7H2,1H3,(H,13,14)/b10-6-. The second-order valence-electron chi connectivity index (χ2n) is 2.92. The van der Waals surface area contributed by atoms with E-state index in [0.717, 1.165) is 5.56 Å². The lowest BCUT2D eigenvalue weighted by molar-refractivity contribution is -0.131. The Morgan fingerprint density at radius 3 is 2.56 bits per heavy atom. The fourth-order valence-corrected chi connectivity index (χ4v) is 1.35. The Kier molecular flexibility index (Phi) is 5.27. The molecule has 1 aromatic rings. The van der Waals surface area contributed by atoms with Crippen LogP contribution in [0.5, 0.6) is 5.75 Å². The number of hydrogen-bond donors (Lipinski definition) is 1. The summed E-state index contributed by atoms with van der Waals surface area (Å²) >= 11 is 1.78. The van der Waals surface area contributed by atoms with Gasteiger partial charge in [-0.05, 0) is 46.4 Å².